The summed E-state index contributed by atoms with van der Waals surface area (Å²) < 4.78 is 5.21. The van der Waals surface area contributed by atoms with Gasteiger partial charge in [0, 0.05) is 51.0 Å². The number of aryl methyl sites for hydroxylation is 2. The fraction of sp³-hybridized carbons (Fsp3) is 0.214. The van der Waals surface area contributed by atoms with Crippen LogP contribution in [-0.2, 0) is 86.0 Å². The predicted molar refractivity (Wildman–Crippen MR) is 162 cm³/mol. The van der Waals surface area contributed by atoms with Crippen LogP contribution in [0, 0.1) is 0 Å². The van der Waals surface area contributed by atoms with Crippen LogP contribution in [-0.4, -0.2) is 27.6 Å². The fourth-order valence-electron chi connectivity index (χ4n) is 3.69. The van der Waals surface area contributed by atoms with Crippen molar-refractivity contribution >= 4 is 58.3 Å². The molecule has 0 spiro atoms. The molecule has 0 radical (unpaired) electrons. The molecule has 0 unspecified atom stereocenters. The first kappa shape index (κ1) is 31.1. The second-order valence-corrected chi connectivity index (χ2v) is 10.5. The van der Waals surface area contributed by atoms with Crippen molar-refractivity contribution in [3.63, 3.8) is 0 Å². The average Bonchev–Trinajstić information content (AvgIpc) is 3.47. The summed E-state index contributed by atoms with van der Waals surface area (Å²) in [5, 5.41) is 0. The van der Waals surface area contributed by atoms with Gasteiger partial charge in [0.2, 0.25) is 0 Å². The van der Waals surface area contributed by atoms with Crippen LogP contribution in [0.4, 0.5) is 0 Å². The Bertz CT molecular complexity index is 1140. The number of rotatable bonds is 8. The zero-order chi connectivity index (χ0) is 25.9. The van der Waals surface area contributed by atoms with Crippen LogP contribution in [0.2, 0.25) is 0 Å². The van der Waals surface area contributed by atoms with Crippen molar-refractivity contribution in [3.05, 3.63) is 120 Å². The smallest absolute Gasteiger partial charge is 0.411 e. The molecule has 0 aliphatic carbocycles. The SMILES string of the molecule is Cn1cccc1CN(Cc1ccccc1)C(=S)[S-].Cn1cccc1CN(Cc1ccccc1)C(=S)[S-].[Pd+2]. The summed E-state index contributed by atoms with van der Waals surface area (Å²) in [7, 11) is 4.06. The van der Waals surface area contributed by atoms with Gasteiger partial charge >= 0.3 is 20.4 Å². The zero-order valence-corrected chi connectivity index (χ0v) is 25.6. The van der Waals surface area contributed by atoms with E-state index >= 15 is 0 Å². The Morgan fingerprint density at radius 1 is 0.595 bits per heavy atom. The van der Waals surface area contributed by atoms with Crippen LogP contribution in [0.5, 0.6) is 0 Å². The van der Waals surface area contributed by atoms with Gasteiger partial charge in [-0.3, -0.25) is 0 Å². The summed E-state index contributed by atoms with van der Waals surface area (Å²) in [4.78, 5) is 4.07. The third-order valence-corrected chi connectivity index (χ3v) is 6.79. The summed E-state index contributed by atoms with van der Waals surface area (Å²) in [6, 6.07) is 28.7. The summed E-state index contributed by atoms with van der Waals surface area (Å²) in [6.07, 6.45) is 4.06. The Kier molecular flexibility index (Phi) is 13.4. The molecule has 0 saturated heterocycles. The van der Waals surface area contributed by atoms with E-state index in [1.54, 1.807) is 0 Å². The molecule has 9 heteroatoms. The Morgan fingerprint density at radius 2 is 0.946 bits per heavy atom. The van der Waals surface area contributed by atoms with Crippen molar-refractivity contribution in [2.24, 2.45) is 14.1 Å². The van der Waals surface area contributed by atoms with E-state index in [1.807, 2.05) is 84.8 Å². The van der Waals surface area contributed by atoms with E-state index in [0.29, 0.717) is 8.64 Å². The summed E-state index contributed by atoms with van der Waals surface area (Å²) in [5.41, 5.74) is 4.86. The molecule has 0 aliphatic heterocycles. The molecule has 0 atom stereocenters. The molecule has 37 heavy (non-hydrogen) atoms. The van der Waals surface area contributed by atoms with E-state index in [0.717, 1.165) is 26.2 Å². The van der Waals surface area contributed by atoms with Crippen molar-refractivity contribution in [2.45, 2.75) is 26.2 Å². The Morgan fingerprint density at radius 3 is 1.22 bits per heavy atom. The van der Waals surface area contributed by atoms with Gasteiger partial charge in [-0.25, -0.2) is 0 Å². The summed E-state index contributed by atoms with van der Waals surface area (Å²) in [6.45, 7) is 3.02. The molecule has 4 rings (SSSR count). The van der Waals surface area contributed by atoms with E-state index in [1.165, 1.54) is 22.5 Å². The number of benzene rings is 2. The molecule has 4 aromatic rings. The van der Waals surface area contributed by atoms with Crippen molar-refractivity contribution in [3.8, 4) is 0 Å². The molecule has 196 valence electrons. The first-order chi connectivity index (χ1) is 17.3. The van der Waals surface area contributed by atoms with Gasteiger partial charge < -0.3 is 68.6 Å². The molecule has 2 aromatic carbocycles. The molecule has 0 N–H and O–H groups in total. The van der Waals surface area contributed by atoms with E-state index in [4.69, 9.17) is 49.7 Å². The van der Waals surface area contributed by atoms with Crippen LogP contribution in [0.25, 0.3) is 0 Å². The van der Waals surface area contributed by atoms with Gasteiger partial charge in [0.25, 0.3) is 0 Å². The van der Waals surface area contributed by atoms with E-state index in [9.17, 15) is 0 Å². The summed E-state index contributed by atoms with van der Waals surface area (Å²) >= 11 is 20.7. The number of nitrogens with zero attached hydrogens (tertiary/aromatic N) is 4. The molecule has 0 fully saturated rings. The average molecular weight is 657 g/mol. The minimum Gasteiger partial charge on any atom is -0.411 e. The number of thiocarbonyl (C=S) groups is 2. The van der Waals surface area contributed by atoms with Crippen molar-refractivity contribution < 1.29 is 20.4 Å². The Labute approximate surface area is 256 Å². The number of hydrogen-bond donors (Lipinski definition) is 0. The zero-order valence-electron chi connectivity index (χ0n) is 20.8. The molecule has 2 heterocycles. The van der Waals surface area contributed by atoms with Gasteiger partial charge in [0.15, 0.2) is 0 Å². The van der Waals surface area contributed by atoms with Crippen LogP contribution < -0.4 is 0 Å². The van der Waals surface area contributed by atoms with E-state index in [2.05, 4.69) is 45.5 Å². The van der Waals surface area contributed by atoms with Gasteiger partial charge in [0.05, 0.1) is 13.1 Å². The number of hydrogen-bond acceptors (Lipinski definition) is 4. The van der Waals surface area contributed by atoms with Crippen molar-refractivity contribution in [1.82, 2.24) is 18.9 Å². The molecule has 0 amide bonds. The fourth-order valence-corrected chi connectivity index (χ4v) is 4.21. The standard InChI is InChI=1S/2C14H16N2S2.Pd/c2*1-15-9-5-8-13(15)11-16(14(17)18)10-12-6-3-2-4-7-12;/h2*2-9H,10-11H2,1H3,(H,17,18);/q;;+2/p-2. The van der Waals surface area contributed by atoms with Gasteiger partial charge in [-0.1, -0.05) is 69.3 Å². The maximum Gasteiger partial charge on any atom is 2.00 e. The molecule has 0 saturated carbocycles. The van der Waals surface area contributed by atoms with Crippen molar-refractivity contribution in [1.29, 1.82) is 0 Å². The maximum absolute atomic E-state index is 5.16. The van der Waals surface area contributed by atoms with Crippen LogP contribution in [0.15, 0.2) is 97.3 Å². The van der Waals surface area contributed by atoms with Crippen LogP contribution in [0.1, 0.15) is 22.5 Å². The Balaban J connectivity index is 0.000000253. The quantitative estimate of drug-likeness (QED) is 0.136. The largest absolute Gasteiger partial charge is 2.00 e. The molecule has 4 nitrogen and oxygen atoms in total. The second-order valence-electron chi connectivity index (χ2n) is 8.44. The third kappa shape index (κ3) is 10.3. The molecular weight excluding hydrogens is 627 g/mol. The van der Waals surface area contributed by atoms with Crippen LogP contribution in [0.3, 0.4) is 0 Å². The molecule has 2 aromatic heterocycles. The Hall–Kier alpha value is -2.12. The van der Waals surface area contributed by atoms with E-state index < -0.39 is 0 Å². The third-order valence-electron chi connectivity index (χ3n) is 5.76. The predicted octanol–water partition coefficient (Wildman–Crippen LogP) is 5.72. The normalized spacial score (nSPS) is 10.0. The first-order valence-corrected chi connectivity index (χ1v) is 13.2. The van der Waals surface area contributed by atoms with Gasteiger partial charge in [0.1, 0.15) is 0 Å². The van der Waals surface area contributed by atoms with Gasteiger partial charge in [-0.2, -0.15) is 0 Å². The van der Waals surface area contributed by atoms with E-state index in [-0.39, 0.29) is 20.4 Å². The first-order valence-electron chi connectivity index (χ1n) is 11.5. The number of aromatic nitrogens is 2. The minimum atomic E-state index is 0. The second kappa shape index (κ2) is 16.0. The molecule has 0 aliphatic rings. The van der Waals surface area contributed by atoms with Crippen LogP contribution >= 0.6 is 24.4 Å². The minimum absolute atomic E-state index is 0. The maximum atomic E-state index is 5.16. The molecule has 0 bridgehead atoms. The van der Waals surface area contributed by atoms with Gasteiger partial charge in [-0.15, -0.1) is 0 Å². The van der Waals surface area contributed by atoms with Crippen molar-refractivity contribution in [2.75, 3.05) is 0 Å². The topological polar surface area (TPSA) is 16.3 Å². The monoisotopic (exact) mass is 656 g/mol. The van der Waals surface area contributed by atoms with Gasteiger partial charge in [-0.05, 0) is 35.4 Å². The molecular formula is C28H30N4PdS4. The summed E-state index contributed by atoms with van der Waals surface area (Å²) in [5.74, 6) is 0.